The van der Waals surface area contributed by atoms with E-state index in [1.165, 1.54) is 0 Å². The van der Waals surface area contributed by atoms with Crippen molar-refractivity contribution < 1.29 is 9.84 Å². The summed E-state index contributed by atoms with van der Waals surface area (Å²) in [4.78, 5) is 0. The van der Waals surface area contributed by atoms with Crippen LogP contribution < -0.4 is 10.5 Å². The van der Waals surface area contributed by atoms with Gasteiger partial charge in [0.2, 0.25) is 0 Å². The number of methoxy groups -OCH3 is 1. The largest absolute Gasteiger partial charge is 0.508 e. The summed E-state index contributed by atoms with van der Waals surface area (Å²) >= 11 is 0. The molecule has 0 saturated carbocycles. The van der Waals surface area contributed by atoms with Crippen LogP contribution in [0.3, 0.4) is 0 Å². The lowest BCUT2D eigenvalue weighted by Gasteiger charge is -2.12. The Balaban J connectivity index is 3.03. The number of phenolic OH excluding ortho intramolecular Hbond substituents is 1. The van der Waals surface area contributed by atoms with Crippen LogP contribution in [0.4, 0.5) is 0 Å². The molecule has 13 heavy (non-hydrogen) atoms. The molecule has 1 atom stereocenters. The average molecular weight is 181 g/mol. The number of ether oxygens (including phenoxy) is 1. The van der Waals surface area contributed by atoms with Crippen LogP contribution in [0.2, 0.25) is 0 Å². The van der Waals surface area contributed by atoms with Gasteiger partial charge in [0, 0.05) is 11.6 Å². The van der Waals surface area contributed by atoms with E-state index < -0.39 is 0 Å². The quantitative estimate of drug-likeness (QED) is 0.747. The summed E-state index contributed by atoms with van der Waals surface area (Å²) in [5.74, 6) is 0.951. The van der Waals surface area contributed by atoms with Gasteiger partial charge in [-0.05, 0) is 24.6 Å². The zero-order valence-corrected chi connectivity index (χ0v) is 7.95. The molecule has 3 nitrogen and oxygen atoms in total. The summed E-state index contributed by atoms with van der Waals surface area (Å²) in [7, 11) is 1.59. The Hall–Kier alpha value is -1.22. The summed E-state index contributed by atoms with van der Waals surface area (Å²) < 4.78 is 5.04. The summed E-state index contributed by atoms with van der Waals surface area (Å²) in [5.41, 5.74) is 6.54. The van der Waals surface area contributed by atoms with Gasteiger partial charge in [0.15, 0.2) is 0 Å². The smallest absolute Gasteiger partial charge is 0.120 e. The van der Waals surface area contributed by atoms with Crippen molar-refractivity contribution in [2.75, 3.05) is 7.11 Å². The molecule has 3 heteroatoms. The second kappa shape index (κ2) is 4.14. The minimum Gasteiger partial charge on any atom is -0.508 e. The third-order valence-electron chi connectivity index (χ3n) is 2.07. The molecule has 0 aliphatic carbocycles. The van der Waals surface area contributed by atoms with Crippen molar-refractivity contribution in [1.82, 2.24) is 0 Å². The third kappa shape index (κ3) is 2.12. The Morgan fingerprint density at radius 1 is 1.54 bits per heavy atom. The van der Waals surface area contributed by atoms with E-state index in [2.05, 4.69) is 0 Å². The van der Waals surface area contributed by atoms with E-state index in [1.54, 1.807) is 25.3 Å². The number of hydrogen-bond donors (Lipinski definition) is 2. The van der Waals surface area contributed by atoms with Crippen molar-refractivity contribution in [1.29, 1.82) is 0 Å². The van der Waals surface area contributed by atoms with E-state index >= 15 is 0 Å². The van der Waals surface area contributed by atoms with Crippen molar-refractivity contribution in [3.63, 3.8) is 0 Å². The summed E-state index contributed by atoms with van der Waals surface area (Å²) in [5, 5.41) is 9.50. The van der Waals surface area contributed by atoms with Crippen molar-refractivity contribution in [3.8, 4) is 11.5 Å². The Bertz CT molecular complexity index is 286. The predicted octanol–water partition coefficient (Wildman–Crippen LogP) is 1.81. The van der Waals surface area contributed by atoms with Crippen molar-refractivity contribution in [3.05, 3.63) is 23.8 Å². The number of rotatable bonds is 3. The molecule has 1 aromatic carbocycles. The third-order valence-corrected chi connectivity index (χ3v) is 2.07. The van der Waals surface area contributed by atoms with Gasteiger partial charge in [0.25, 0.3) is 0 Å². The van der Waals surface area contributed by atoms with Crippen molar-refractivity contribution >= 4 is 0 Å². The van der Waals surface area contributed by atoms with E-state index in [0.717, 1.165) is 17.7 Å². The van der Waals surface area contributed by atoms with Gasteiger partial charge in [-0.2, -0.15) is 0 Å². The maximum Gasteiger partial charge on any atom is 0.120 e. The van der Waals surface area contributed by atoms with E-state index in [9.17, 15) is 5.11 Å². The maximum absolute atomic E-state index is 9.50. The molecule has 0 amide bonds. The second-order valence-electron chi connectivity index (χ2n) is 2.94. The van der Waals surface area contributed by atoms with Gasteiger partial charge in [0.05, 0.1) is 7.11 Å². The number of phenols is 1. The number of benzene rings is 1. The van der Waals surface area contributed by atoms with Crippen molar-refractivity contribution in [2.24, 2.45) is 5.73 Å². The summed E-state index contributed by atoms with van der Waals surface area (Å²) in [6, 6.07) is 4.95. The molecule has 0 bridgehead atoms. The molecule has 3 N–H and O–H groups in total. The molecule has 0 aliphatic heterocycles. The highest BCUT2D eigenvalue weighted by Gasteiger charge is 2.09. The van der Waals surface area contributed by atoms with Gasteiger partial charge in [0.1, 0.15) is 11.5 Å². The normalized spacial score (nSPS) is 12.5. The van der Waals surface area contributed by atoms with Gasteiger partial charge in [-0.25, -0.2) is 0 Å². The van der Waals surface area contributed by atoms with Crippen molar-refractivity contribution in [2.45, 2.75) is 19.4 Å². The molecular weight excluding hydrogens is 166 g/mol. The topological polar surface area (TPSA) is 55.5 Å². The van der Waals surface area contributed by atoms with Crippen LogP contribution in [0.1, 0.15) is 24.9 Å². The van der Waals surface area contributed by atoms with Gasteiger partial charge >= 0.3 is 0 Å². The fourth-order valence-electron chi connectivity index (χ4n) is 1.18. The lowest BCUT2D eigenvalue weighted by Crippen LogP contribution is -2.08. The van der Waals surface area contributed by atoms with E-state index in [4.69, 9.17) is 10.5 Å². The van der Waals surface area contributed by atoms with Gasteiger partial charge in [-0.15, -0.1) is 0 Å². The first kappa shape index (κ1) is 9.86. The molecule has 0 fully saturated rings. The highest BCUT2D eigenvalue weighted by molar-refractivity contribution is 5.41. The Labute approximate surface area is 78.1 Å². The lowest BCUT2D eigenvalue weighted by atomic mass is 10.0. The molecule has 0 heterocycles. The molecule has 72 valence electrons. The molecule has 0 aliphatic rings. The second-order valence-corrected chi connectivity index (χ2v) is 2.94. The van der Waals surface area contributed by atoms with E-state index in [0.29, 0.717) is 0 Å². The molecule has 0 radical (unpaired) electrons. The number of hydrogen-bond acceptors (Lipinski definition) is 3. The van der Waals surface area contributed by atoms with Gasteiger partial charge < -0.3 is 15.6 Å². The van der Waals surface area contributed by atoms with Gasteiger partial charge in [-0.1, -0.05) is 6.92 Å². The fourth-order valence-corrected chi connectivity index (χ4v) is 1.18. The first-order valence-electron chi connectivity index (χ1n) is 4.31. The minimum atomic E-state index is -0.130. The monoisotopic (exact) mass is 181 g/mol. The van der Waals surface area contributed by atoms with Crippen LogP contribution in [0, 0.1) is 0 Å². The fraction of sp³-hybridized carbons (Fsp3) is 0.400. The van der Waals surface area contributed by atoms with E-state index in [-0.39, 0.29) is 11.8 Å². The first-order chi connectivity index (χ1) is 6.19. The maximum atomic E-state index is 9.50. The summed E-state index contributed by atoms with van der Waals surface area (Å²) in [6.45, 7) is 1.98. The molecule has 0 spiro atoms. The highest BCUT2D eigenvalue weighted by Crippen LogP contribution is 2.28. The lowest BCUT2D eigenvalue weighted by molar-refractivity contribution is 0.409. The van der Waals surface area contributed by atoms with Crippen LogP contribution in [0.25, 0.3) is 0 Å². The molecule has 0 aromatic heterocycles. The van der Waals surface area contributed by atoms with Gasteiger partial charge in [-0.3, -0.25) is 0 Å². The Morgan fingerprint density at radius 3 is 2.77 bits per heavy atom. The molecule has 0 unspecified atom stereocenters. The zero-order chi connectivity index (χ0) is 9.84. The Morgan fingerprint density at radius 2 is 2.23 bits per heavy atom. The molecule has 0 saturated heterocycles. The van der Waals surface area contributed by atoms with Crippen LogP contribution in [0.5, 0.6) is 11.5 Å². The zero-order valence-electron chi connectivity index (χ0n) is 7.95. The number of aromatic hydroxyl groups is 1. The molecular formula is C10H15NO2. The predicted molar refractivity (Wildman–Crippen MR) is 51.9 cm³/mol. The van der Waals surface area contributed by atoms with Crippen LogP contribution in [-0.4, -0.2) is 12.2 Å². The summed E-state index contributed by atoms with van der Waals surface area (Å²) in [6.07, 6.45) is 0.792. The minimum absolute atomic E-state index is 0.130. The number of nitrogens with two attached hydrogens (primary N) is 1. The average Bonchev–Trinajstić information content (AvgIpc) is 2.17. The van der Waals surface area contributed by atoms with Crippen LogP contribution in [-0.2, 0) is 0 Å². The van der Waals surface area contributed by atoms with Crippen LogP contribution in [0.15, 0.2) is 18.2 Å². The first-order valence-corrected chi connectivity index (χ1v) is 4.31. The highest BCUT2D eigenvalue weighted by atomic mass is 16.5. The standard InChI is InChI=1S/C10H15NO2/c1-3-9(11)8-6-7(13-2)4-5-10(8)12/h4-6,9,12H,3,11H2,1-2H3/t9-/m0/s1. The SMILES string of the molecule is CC[C@H](N)c1cc(OC)ccc1O. The Kier molecular flexibility index (Phi) is 3.14. The van der Waals surface area contributed by atoms with Crippen LogP contribution >= 0.6 is 0 Å². The molecule has 1 rings (SSSR count). The van der Waals surface area contributed by atoms with E-state index in [1.807, 2.05) is 6.92 Å². The molecule has 1 aromatic rings.